The molecule has 0 unspecified atom stereocenters. The van der Waals surface area contributed by atoms with Gasteiger partial charge in [0.25, 0.3) is 0 Å². The molecule has 2 N–H and O–H groups in total. The van der Waals surface area contributed by atoms with Gasteiger partial charge in [0, 0.05) is 24.7 Å². The molecule has 4 nitrogen and oxygen atoms in total. The van der Waals surface area contributed by atoms with Crippen molar-refractivity contribution in [3.05, 3.63) is 30.2 Å². The summed E-state index contributed by atoms with van der Waals surface area (Å²) in [5, 5.41) is 3.08. The van der Waals surface area contributed by atoms with E-state index in [-0.39, 0.29) is 5.41 Å². The quantitative estimate of drug-likeness (QED) is 0.834. The number of anilines is 1. The standard InChI is InChI=1S/C13H18N4/c1-13(2,3)12-16-10(8-11(14-4)17-12)9-6-5-7-15-9/h5-8,15H,1-4H3,(H,14,16,17). The lowest BCUT2D eigenvalue weighted by molar-refractivity contribution is 0.547. The molecule has 0 fully saturated rings. The number of nitrogens with one attached hydrogen (secondary N) is 2. The molecule has 0 saturated carbocycles. The molecular formula is C13H18N4. The lowest BCUT2D eigenvalue weighted by Crippen LogP contribution is -2.17. The fourth-order valence-electron chi connectivity index (χ4n) is 1.54. The van der Waals surface area contributed by atoms with Gasteiger partial charge in [0.15, 0.2) is 0 Å². The Morgan fingerprint density at radius 3 is 2.53 bits per heavy atom. The minimum atomic E-state index is -0.0613. The van der Waals surface area contributed by atoms with Crippen molar-refractivity contribution in [1.29, 1.82) is 0 Å². The van der Waals surface area contributed by atoms with Crippen LogP contribution < -0.4 is 5.32 Å². The van der Waals surface area contributed by atoms with Gasteiger partial charge in [-0.05, 0) is 12.1 Å². The smallest absolute Gasteiger partial charge is 0.136 e. The van der Waals surface area contributed by atoms with Crippen LogP contribution in [0.1, 0.15) is 26.6 Å². The number of rotatable bonds is 2. The molecular weight excluding hydrogens is 212 g/mol. The van der Waals surface area contributed by atoms with Gasteiger partial charge < -0.3 is 10.3 Å². The Morgan fingerprint density at radius 2 is 2.00 bits per heavy atom. The van der Waals surface area contributed by atoms with E-state index in [9.17, 15) is 0 Å². The van der Waals surface area contributed by atoms with Gasteiger partial charge in [-0.2, -0.15) is 0 Å². The first-order valence-corrected chi connectivity index (χ1v) is 5.72. The van der Waals surface area contributed by atoms with Crippen molar-refractivity contribution in [3.8, 4) is 11.4 Å². The Kier molecular flexibility index (Phi) is 2.88. The molecule has 0 aliphatic heterocycles. The summed E-state index contributed by atoms with van der Waals surface area (Å²) in [7, 11) is 1.87. The first kappa shape index (κ1) is 11.6. The Hall–Kier alpha value is -1.84. The SMILES string of the molecule is CNc1cc(-c2ccc[nH]2)nc(C(C)(C)C)n1. The first-order chi connectivity index (χ1) is 8.00. The van der Waals surface area contributed by atoms with Crippen molar-refractivity contribution in [1.82, 2.24) is 15.0 Å². The summed E-state index contributed by atoms with van der Waals surface area (Å²) in [4.78, 5) is 12.3. The maximum atomic E-state index is 4.61. The van der Waals surface area contributed by atoms with Crippen LogP contribution in [0.2, 0.25) is 0 Å². The van der Waals surface area contributed by atoms with E-state index >= 15 is 0 Å². The number of hydrogen-bond donors (Lipinski definition) is 2. The van der Waals surface area contributed by atoms with Crippen molar-refractivity contribution in [2.75, 3.05) is 12.4 Å². The van der Waals surface area contributed by atoms with E-state index in [0.29, 0.717) is 0 Å². The highest BCUT2D eigenvalue weighted by Gasteiger charge is 2.19. The van der Waals surface area contributed by atoms with Crippen LogP contribution in [0.5, 0.6) is 0 Å². The van der Waals surface area contributed by atoms with Crippen LogP contribution in [0.25, 0.3) is 11.4 Å². The Labute approximate surface area is 102 Å². The van der Waals surface area contributed by atoms with E-state index in [1.54, 1.807) is 0 Å². The van der Waals surface area contributed by atoms with E-state index in [1.165, 1.54) is 0 Å². The second-order valence-electron chi connectivity index (χ2n) is 5.05. The molecule has 0 aliphatic rings. The molecule has 2 aromatic rings. The fourth-order valence-corrected chi connectivity index (χ4v) is 1.54. The van der Waals surface area contributed by atoms with Crippen molar-refractivity contribution < 1.29 is 0 Å². The third-order valence-corrected chi connectivity index (χ3v) is 2.53. The van der Waals surface area contributed by atoms with Gasteiger partial charge in [-0.3, -0.25) is 0 Å². The molecule has 90 valence electrons. The molecule has 0 aromatic carbocycles. The van der Waals surface area contributed by atoms with Crippen molar-refractivity contribution in [2.45, 2.75) is 26.2 Å². The topological polar surface area (TPSA) is 53.6 Å². The third kappa shape index (κ3) is 2.46. The molecule has 2 aromatic heterocycles. The van der Waals surface area contributed by atoms with E-state index in [1.807, 2.05) is 31.4 Å². The van der Waals surface area contributed by atoms with E-state index in [4.69, 9.17) is 0 Å². The number of nitrogens with zero attached hydrogens (tertiary/aromatic N) is 2. The number of aromatic amines is 1. The lowest BCUT2D eigenvalue weighted by atomic mass is 9.95. The molecule has 17 heavy (non-hydrogen) atoms. The van der Waals surface area contributed by atoms with E-state index in [0.717, 1.165) is 23.0 Å². The summed E-state index contributed by atoms with van der Waals surface area (Å²) in [6.45, 7) is 6.33. The summed E-state index contributed by atoms with van der Waals surface area (Å²) in [5.74, 6) is 1.68. The molecule has 0 spiro atoms. The second kappa shape index (κ2) is 4.20. The zero-order valence-corrected chi connectivity index (χ0v) is 10.7. The van der Waals surface area contributed by atoms with Crippen LogP contribution in [-0.2, 0) is 5.41 Å². The highest BCUT2D eigenvalue weighted by Crippen LogP contribution is 2.24. The van der Waals surface area contributed by atoms with Crippen LogP contribution in [-0.4, -0.2) is 22.0 Å². The minimum Gasteiger partial charge on any atom is -0.373 e. The summed E-state index contributed by atoms with van der Waals surface area (Å²) in [6, 6.07) is 5.92. The predicted molar refractivity (Wildman–Crippen MR) is 70.1 cm³/mol. The van der Waals surface area contributed by atoms with Crippen molar-refractivity contribution >= 4 is 5.82 Å². The Morgan fingerprint density at radius 1 is 1.24 bits per heavy atom. The second-order valence-corrected chi connectivity index (χ2v) is 5.05. The molecule has 4 heteroatoms. The monoisotopic (exact) mass is 230 g/mol. The largest absolute Gasteiger partial charge is 0.373 e. The molecule has 0 aliphatic carbocycles. The van der Waals surface area contributed by atoms with Crippen LogP contribution in [0.3, 0.4) is 0 Å². The molecule has 2 heterocycles. The molecule has 0 bridgehead atoms. The summed E-state index contributed by atoms with van der Waals surface area (Å²) in [6.07, 6.45) is 1.90. The van der Waals surface area contributed by atoms with E-state index < -0.39 is 0 Å². The average Bonchev–Trinajstić information content (AvgIpc) is 2.80. The predicted octanol–water partition coefficient (Wildman–Crippen LogP) is 2.81. The minimum absolute atomic E-state index is 0.0613. The van der Waals surface area contributed by atoms with Gasteiger partial charge in [0.1, 0.15) is 11.6 Å². The maximum absolute atomic E-state index is 4.61. The highest BCUT2D eigenvalue weighted by molar-refractivity contribution is 5.58. The normalized spacial score (nSPS) is 11.5. The van der Waals surface area contributed by atoms with Gasteiger partial charge in [0.05, 0.1) is 11.4 Å². The molecule has 0 saturated heterocycles. The van der Waals surface area contributed by atoms with Crippen molar-refractivity contribution in [2.24, 2.45) is 0 Å². The lowest BCUT2D eigenvalue weighted by Gasteiger charge is -2.18. The molecule has 0 amide bonds. The maximum Gasteiger partial charge on any atom is 0.136 e. The van der Waals surface area contributed by atoms with E-state index in [2.05, 4.69) is 41.0 Å². The first-order valence-electron chi connectivity index (χ1n) is 5.72. The number of aromatic nitrogens is 3. The van der Waals surface area contributed by atoms with Gasteiger partial charge in [-0.1, -0.05) is 20.8 Å². The highest BCUT2D eigenvalue weighted by atomic mass is 15.0. The van der Waals surface area contributed by atoms with Gasteiger partial charge in [-0.25, -0.2) is 9.97 Å². The third-order valence-electron chi connectivity index (χ3n) is 2.53. The molecule has 2 rings (SSSR count). The molecule has 0 radical (unpaired) electrons. The summed E-state index contributed by atoms with van der Waals surface area (Å²) < 4.78 is 0. The van der Waals surface area contributed by atoms with Gasteiger partial charge in [-0.15, -0.1) is 0 Å². The van der Waals surface area contributed by atoms with Crippen molar-refractivity contribution in [3.63, 3.8) is 0 Å². The van der Waals surface area contributed by atoms with Crippen LogP contribution in [0.4, 0.5) is 5.82 Å². The average molecular weight is 230 g/mol. The summed E-state index contributed by atoms with van der Waals surface area (Å²) in [5.41, 5.74) is 1.86. The Bertz CT molecular complexity index is 495. The Balaban J connectivity index is 2.54. The zero-order chi connectivity index (χ0) is 12.5. The fraction of sp³-hybridized carbons (Fsp3) is 0.385. The van der Waals surface area contributed by atoms with Gasteiger partial charge in [0.2, 0.25) is 0 Å². The van der Waals surface area contributed by atoms with Crippen LogP contribution in [0.15, 0.2) is 24.4 Å². The number of H-pyrrole nitrogens is 1. The zero-order valence-electron chi connectivity index (χ0n) is 10.7. The van der Waals surface area contributed by atoms with Gasteiger partial charge >= 0.3 is 0 Å². The molecule has 0 atom stereocenters. The summed E-state index contributed by atoms with van der Waals surface area (Å²) >= 11 is 0. The number of hydrogen-bond acceptors (Lipinski definition) is 3. The van der Waals surface area contributed by atoms with Crippen LogP contribution >= 0.6 is 0 Å². The van der Waals surface area contributed by atoms with Crippen LogP contribution in [0, 0.1) is 0 Å².